The third kappa shape index (κ3) is 2.97. The normalized spacial score (nSPS) is 18.1. The van der Waals surface area contributed by atoms with Crippen LogP contribution in [0.3, 0.4) is 0 Å². The highest BCUT2D eigenvalue weighted by Crippen LogP contribution is 2.26. The molecule has 2 nitrogen and oxygen atoms in total. The fraction of sp³-hybridized carbons (Fsp3) is 0.538. The zero-order valence-corrected chi connectivity index (χ0v) is 10.1. The van der Waals surface area contributed by atoms with Crippen molar-refractivity contribution < 1.29 is 5.11 Å². The lowest BCUT2D eigenvalue weighted by molar-refractivity contribution is 0.168. The molecule has 2 rings (SSSR count). The molecule has 0 aliphatic heterocycles. The molecule has 1 aromatic rings. The number of hydrogen-bond acceptors (Lipinski definition) is 2. The molecule has 1 saturated carbocycles. The molecule has 0 amide bonds. The van der Waals surface area contributed by atoms with Crippen LogP contribution >= 0.6 is 11.6 Å². The van der Waals surface area contributed by atoms with E-state index in [0.717, 1.165) is 18.0 Å². The topological polar surface area (TPSA) is 32.3 Å². The Balaban J connectivity index is 1.78. The van der Waals surface area contributed by atoms with Crippen LogP contribution < -0.4 is 5.32 Å². The number of halogens is 1. The van der Waals surface area contributed by atoms with E-state index in [-0.39, 0.29) is 0 Å². The fourth-order valence-electron chi connectivity index (χ4n) is 1.98. The van der Waals surface area contributed by atoms with Gasteiger partial charge in [0.25, 0.3) is 0 Å². The minimum atomic E-state index is -0.506. The predicted molar refractivity (Wildman–Crippen MR) is 66.6 cm³/mol. The molecule has 0 radical (unpaired) electrons. The van der Waals surface area contributed by atoms with Crippen molar-refractivity contribution in [2.75, 3.05) is 13.1 Å². The van der Waals surface area contributed by atoms with Crippen molar-refractivity contribution in [3.63, 3.8) is 0 Å². The monoisotopic (exact) mass is 239 g/mol. The summed E-state index contributed by atoms with van der Waals surface area (Å²) in [6, 6.07) is 7.46. The van der Waals surface area contributed by atoms with Gasteiger partial charge in [-0.3, -0.25) is 0 Å². The van der Waals surface area contributed by atoms with E-state index in [2.05, 4.69) is 5.32 Å². The van der Waals surface area contributed by atoms with Crippen LogP contribution in [0.1, 0.15) is 30.9 Å². The molecule has 2 N–H and O–H groups in total. The Morgan fingerprint density at radius 1 is 1.38 bits per heavy atom. The first-order chi connectivity index (χ1) is 7.77. The van der Waals surface area contributed by atoms with Gasteiger partial charge in [0, 0.05) is 17.1 Å². The summed E-state index contributed by atoms with van der Waals surface area (Å²) in [5.41, 5.74) is 0.810. The minimum absolute atomic E-state index is 0.506. The van der Waals surface area contributed by atoms with E-state index in [1.807, 2.05) is 24.3 Å². The number of nitrogens with one attached hydrogen (secondary N) is 1. The molecular weight excluding hydrogens is 222 g/mol. The van der Waals surface area contributed by atoms with Crippen LogP contribution in [0.2, 0.25) is 5.02 Å². The third-order valence-electron chi connectivity index (χ3n) is 3.26. The number of rotatable bonds is 5. The lowest BCUT2D eigenvalue weighted by Gasteiger charge is -2.26. The summed E-state index contributed by atoms with van der Waals surface area (Å²) >= 11 is 6.01. The predicted octanol–water partition coefficient (Wildman–Crippen LogP) is 2.76. The molecule has 0 heterocycles. The maximum Gasteiger partial charge on any atom is 0.0928 e. The van der Waals surface area contributed by atoms with Crippen LogP contribution in [0.5, 0.6) is 0 Å². The van der Waals surface area contributed by atoms with Gasteiger partial charge in [0.2, 0.25) is 0 Å². The quantitative estimate of drug-likeness (QED) is 0.828. The van der Waals surface area contributed by atoms with Gasteiger partial charge in [0.15, 0.2) is 0 Å². The molecule has 1 aliphatic carbocycles. The summed E-state index contributed by atoms with van der Waals surface area (Å²) in [5.74, 6) is 0.818. The van der Waals surface area contributed by atoms with Gasteiger partial charge in [-0.2, -0.15) is 0 Å². The third-order valence-corrected chi connectivity index (χ3v) is 3.60. The standard InChI is InChI=1S/C13H18ClNO/c14-12-7-2-1-6-11(12)13(16)9-15-8-10-4-3-5-10/h1-2,6-7,10,13,15-16H,3-5,8-9H2. The average Bonchev–Trinajstić information content (AvgIpc) is 2.22. The first-order valence-electron chi connectivity index (χ1n) is 5.90. The van der Waals surface area contributed by atoms with Gasteiger partial charge >= 0.3 is 0 Å². The molecule has 1 aromatic carbocycles. The summed E-state index contributed by atoms with van der Waals surface area (Å²) in [4.78, 5) is 0. The SMILES string of the molecule is OC(CNCC1CCC1)c1ccccc1Cl. The Morgan fingerprint density at radius 3 is 2.75 bits per heavy atom. The number of aliphatic hydroxyl groups is 1. The Morgan fingerprint density at radius 2 is 2.12 bits per heavy atom. The highest BCUT2D eigenvalue weighted by molar-refractivity contribution is 6.31. The largest absolute Gasteiger partial charge is 0.387 e. The van der Waals surface area contributed by atoms with E-state index >= 15 is 0 Å². The Labute approximate surface area is 102 Å². The van der Waals surface area contributed by atoms with E-state index in [9.17, 15) is 5.11 Å². The number of benzene rings is 1. The molecule has 1 atom stereocenters. The van der Waals surface area contributed by atoms with Crippen molar-refractivity contribution >= 4 is 11.6 Å². The minimum Gasteiger partial charge on any atom is -0.387 e. The zero-order valence-electron chi connectivity index (χ0n) is 9.32. The maximum atomic E-state index is 9.96. The average molecular weight is 240 g/mol. The van der Waals surface area contributed by atoms with E-state index in [0.29, 0.717) is 11.6 Å². The van der Waals surface area contributed by atoms with Crippen LogP contribution in [-0.2, 0) is 0 Å². The van der Waals surface area contributed by atoms with Crippen molar-refractivity contribution in [3.8, 4) is 0 Å². The van der Waals surface area contributed by atoms with Crippen LogP contribution in [0.4, 0.5) is 0 Å². The second kappa shape index (κ2) is 5.67. The molecule has 0 bridgehead atoms. The molecule has 1 aliphatic rings. The highest BCUT2D eigenvalue weighted by atomic mass is 35.5. The van der Waals surface area contributed by atoms with Crippen LogP contribution in [0.15, 0.2) is 24.3 Å². The molecule has 1 unspecified atom stereocenters. The van der Waals surface area contributed by atoms with Crippen molar-refractivity contribution in [1.29, 1.82) is 0 Å². The first kappa shape index (κ1) is 11.9. The molecule has 1 fully saturated rings. The van der Waals surface area contributed by atoms with E-state index in [4.69, 9.17) is 11.6 Å². The molecule has 0 spiro atoms. The second-order valence-electron chi connectivity index (χ2n) is 4.49. The summed E-state index contributed by atoms with van der Waals surface area (Å²) in [5, 5.41) is 13.9. The lowest BCUT2D eigenvalue weighted by Crippen LogP contribution is -2.30. The van der Waals surface area contributed by atoms with Crippen LogP contribution in [0, 0.1) is 5.92 Å². The van der Waals surface area contributed by atoms with Gasteiger partial charge in [0.05, 0.1) is 6.10 Å². The van der Waals surface area contributed by atoms with Crippen molar-refractivity contribution in [1.82, 2.24) is 5.32 Å². The van der Waals surface area contributed by atoms with E-state index in [1.165, 1.54) is 19.3 Å². The molecule has 88 valence electrons. The number of hydrogen-bond donors (Lipinski definition) is 2. The summed E-state index contributed by atoms with van der Waals surface area (Å²) < 4.78 is 0. The highest BCUT2D eigenvalue weighted by Gasteiger charge is 2.17. The summed E-state index contributed by atoms with van der Waals surface area (Å²) in [7, 11) is 0. The molecule has 0 saturated heterocycles. The van der Waals surface area contributed by atoms with Crippen molar-refractivity contribution in [2.45, 2.75) is 25.4 Å². The molecule has 3 heteroatoms. The molecular formula is C13H18ClNO. The van der Waals surface area contributed by atoms with Gasteiger partial charge in [-0.1, -0.05) is 36.2 Å². The zero-order chi connectivity index (χ0) is 11.4. The lowest BCUT2D eigenvalue weighted by atomic mass is 9.85. The number of aliphatic hydroxyl groups excluding tert-OH is 1. The van der Waals surface area contributed by atoms with Gasteiger partial charge in [-0.25, -0.2) is 0 Å². The van der Waals surface area contributed by atoms with Gasteiger partial charge in [-0.05, 0) is 31.4 Å². The maximum absolute atomic E-state index is 9.96. The Bertz CT molecular complexity index is 338. The van der Waals surface area contributed by atoms with Gasteiger partial charge in [-0.15, -0.1) is 0 Å². The summed E-state index contributed by atoms with van der Waals surface area (Å²) in [6.07, 6.45) is 3.51. The Kier molecular flexibility index (Phi) is 4.22. The van der Waals surface area contributed by atoms with Gasteiger partial charge < -0.3 is 10.4 Å². The first-order valence-corrected chi connectivity index (χ1v) is 6.28. The molecule has 16 heavy (non-hydrogen) atoms. The van der Waals surface area contributed by atoms with E-state index < -0.39 is 6.10 Å². The van der Waals surface area contributed by atoms with Crippen LogP contribution in [0.25, 0.3) is 0 Å². The fourth-order valence-corrected chi connectivity index (χ4v) is 2.24. The molecule has 0 aromatic heterocycles. The van der Waals surface area contributed by atoms with Crippen molar-refractivity contribution in [3.05, 3.63) is 34.9 Å². The van der Waals surface area contributed by atoms with Crippen LogP contribution in [-0.4, -0.2) is 18.2 Å². The second-order valence-corrected chi connectivity index (χ2v) is 4.90. The van der Waals surface area contributed by atoms with Gasteiger partial charge in [0.1, 0.15) is 0 Å². The van der Waals surface area contributed by atoms with Crippen molar-refractivity contribution in [2.24, 2.45) is 5.92 Å². The smallest absolute Gasteiger partial charge is 0.0928 e. The summed E-state index contributed by atoms with van der Waals surface area (Å²) in [6.45, 7) is 1.60. The Hall–Kier alpha value is -0.570. The van der Waals surface area contributed by atoms with E-state index in [1.54, 1.807) is 0 Å².